The molecule has 0 radical (unpaired) electrons. The third kappa shape index (κ3) is 8.08. The second-order valence-corrected chi connectivity index (χ2v) is 6.53. The standard InChI is InChI=1S/C17H19F5N4O2S.HI/c1-23-16(25-8-14-26-13(9-29-14)17(20,21)22)24-6-5-10-3-4-11(27-2)12(7-10)28-15(18)19;/h3-4,7,9,15H,5-6,8H2,1-2H3,(H2,23,24,25);1H. The van der Waals surface area contributed by atoms with Gasteiger partial charge in [-0.15, -0.1) is 35.3 Å². The monoisotopic (exact) mass is 566 g/mol. The zero-order valence-electron chi connectivity index (χ0n) is 15.9. The quantitative estimate of drug-likeness (QED) is 0.216. The fourth-order valence-electron chi connectivity index (χ4n) is 2.29. The Labute approximate surface area is 190 Å². The van der Waals surface area contributed by atoms with Crippen molar-refractivity contribution in [1.82, 2.24) is 15.6 Å². The summed E-state index contributed by atoms with van der Waals surface area (Å²) in [5.41, 5.74) is -0.206. The summed E-state index contributed by atoms with van der Waals surface area (Å²) in [6, 6.07) is 4.70. The predicted octanol–water partition coefficient (Wildman–Crippen LogP) is 4.30. The van der Waals surface area contributed by atoms with Gasteiger partial charge in [0.2, 0.25) is 0 Å². The summed E-state index contributed by atoms with van der Waals surface area (Å²) in [5.74, 6) is 0.499. The van der Waals surface area contributed by atoms with Crippen LogP contribution in [0.1, 0.15) is 16.3 Å². The molecule has 1 aromatic heterocycles. The van der Waals surface area contributed by atoms with Gasteiger partial charge in [0.15, 0.2) is 23.2 Å². The number of nitrogens with zero attached hydrogens (tertiary/aromatic N) is 2. The maximum atomic E-state index is 12.6. The van der Waals surface area contributed by atoms with Crippen LogP contribution in [0.4, 0.5) is 22.0 Å². The normalized spacial score (nSPS) is 11.8. The molecular formula is C17H20F5IN4O2S. The summed E-state index contributed by atoms with van der Waals surface area (Å²) in [6.07, 6.45) is -4.01. The van der Waals surface area contributed by atoms with Crippen LogP contribution < -0.4 is 20.1 Å². The van der Waals surface area contributed by atoms with Crippen LogP contribution >= 0.6 is 35.3 Å². The molecule has 0 unspecified atom stereocenters. The Balaban J connectivity index is 0.00000450. The van der Waals surface area contributed by atoms with Crippen LogP contribution in [0.5, 0.6) is 11.5 Å². The lowest BCUT2D eigenvalue weighted by Crippen LogP contribution is -2.37. The fraction of sp³-hybridized carbons (Fsp3) is 0.412. The Morgan fingerprint density at radius 3 is 2.53 bits per heavy atom. The molecule has 30 heavy (non-hydrogen) atoms. The highest BCUT2D eigenvalue weighted by atomic mass is 127. The van der Waals surface area contributed by atoms with Gasteiger partial charge in [0, 0.05) is 19.0 Å². The first-order valence-corrected chi connectivity index (χ1v) is 9.18. The lowest BCUT2D eigenvalue weighted by Gasteiger charge is -2.13. The first-order chi connectivity index (χ1) is 13.7. The van der Waals surface area contributed by atoms with E-state index >= 15 is 0 Å². The van der Waals surface area contributed by atoms with E-state index in [2.05, 4.69) is 25.3 Å². The van der Waals surface area contributed by atoms with E-state index in [1.165, 1.54) is 26.3 Å². The number of thiazole rings is 1. The van der Waals surface area contributed by atoms with Crippen molar-refractivity contribution in [2.45, 2.75) is 25.8 Å². The molecule has 168 valence electrons. The second-order valence-electron chi connectivity index (χ2n) is 5.59. The summed E-state index contributed by atoms with van der Waals surface area (Å²) in [5, 5.41) is 7.08. The van der Waals surface area contributed by atoms with Crippen LogP contribution in [0.2, 0.25) is 0 Å². The Bertz CT molecular complexity index is 833. The molecule has 0 spiro atoms. The van der Waals surface area contributed by atoms with Crippen molar-refractivity contribution in [3.8, 4) is 11.5 Å². The van der Waals surface area contributed by atoms with Gasteiger partial charge >= 0.3 is 12.8 Å². The van der Waals surface area contributed by atoms with Gasteiger partial charge in [-0.25, -0.2) is 4.98 Å². The third-order valence-corrected chi connectivity index (χ3v) is 4.47. The molecule has 2 aromatic rings. The van der Waals surface area contributed by atoms with Gasteiger partial charge in [-0.05, 0) is 24.1 Å². The second kappa shape index (κ2) is 12.1. The maximum absolute atomic E-state index is 12.6. The maximum Gasteiger partial charge on any atom is 0.434 e. The largest absolute Gasteiger partial charge is 0.493 e. The molecule has 0 aliphatic rings. The molecular weight excluding hydrogens is 546 g/mol. The first kappa shape index (κ1) is 26.1. The highest BCUT2D eigenvalue weighted by Gasteiger charge is 2.33. The molecule has 2 rings (SSSR count). The molecule has 0 aliphatic carbocycles. The minimum atomic E-state index is -4.47. The van der Waals surface area contributed by atoms with E-state index in [1.54, 1.807) is 6.07 Å². The summed E-state index contributed by atoms with van der Waals surface area (Å²) in [4.78, 5) is 7.51. The lowest BCUT2D eigenvalue weighted by molar-refractivity contribution is -0.140. The first-order valence-electron chi connectivity index (χ1n) is 8.30. The van der Waals surface area contributed by atoms with Gasteiger partial charge in [0.1, 0.15) is 5.01 Å². The van der Waals surface area contributed by atoms with E-state index < -0.39 is 18.5 Å². The average molecular weight is 566 g/mol. The van der Waals surface area contributed by atoms with Crippen molar-refractivity contribution in [2.75, 3.05) is 20.7 Å². The average Bonchev–Trinajstić information content (AvgIpc) is 3.14. The molecule has 0 aliphatic heterocycles. The number of hydrogen-bond acceptors (Lipinski definition) is 5. The van der Waals surface area contributed by atoms with E-state index in [1.807, 2.05) is 0 Å². The smallest absolute Gasteiger partial charge is 0.434 e. The molecule has 1 heterocycles. The Morgan fingerprint density at radius 2 is 1.97 bits per heavy atom. The van der Waals surface area contributed by atoms with Gasteiger partial charge in [0.25, 0.3) is 0 Å². The van der Waals surface area contributed by atoms with E-state index in [0.29, 0.717) is 18.9 Å². The fourth-order valence-corrected chi connectivity index (χ4v) is 3.03. The number of halogens is 6. The predicted molar refractivity (Wildman–Crippen MR) is 114 cm³/mol. The lowest BCUT2D eigenvalue weighted by atomic mass is 10.1. The molecule has 0 saturated carbocycles. The SMILES string of the molecule is CN=C(NCCc1ccc(OC)c(OC(F)F)c1)NCc1nc(C(F)(F)F)cs1.I. The number of benzene rings is 1. The van der Waals surface area contributed by atoms with Crippen molar-refractivity contribution >= 4 is 41.3 Å². The number of hydrogen-bond donors (Lipinski definition) is 2. The molecule has 0 fully saturated rings. The van der Waals surface area contributed by atoms with Crippen molar-refractivity contribution in [1.29, 1.82) is 0 Å². The zero-order chi connectivity index (χ0) is 21.4. The summed E-state index contributed by atoms with van der Waals surface area (Å²) in [6.45, 7) is -2.50. The molecule has 13 heteroatoms. The molecule has 0 saturated heterocycles. The summed E-state index contributed by atoms with van der Waals surface area (Å²) < 4.78 is 72.1. The van der Waals surface area contributed by atoms with Crippen LogP contribution in [-0.2, 0) is 19.1 Å². The Morgan fingerprint density at radius 1 is 1.23 bits per heavy atom. The van der Waals surface area contributed by atoms with Crippen LogP contribution in [0.15, 0.2) is 28.6 Å². The summed E-state index contributed by atoms with van der Waals surface area (Å²) in [7, 11) is 2.87. The van der Waals surface area contributed by atoms with E-state index in [-0.39, 0.29) is 47.0 Å². The van der Waals surface area contributed by atoms with E-state index in [4.69, 9.17) is 4.74 Å². The van der Waals surface area contributed by atoms with Crippen molar-refractivity contribution < 1.29 is 31.4 Å². The number of methoxy groups -OCH3 is 1. The van der Waals surface area contributed by atoms with Crippen molar-refractivity contribution in [2.24, 2.45) is 4.99 Å². The number of alkyl halides is 5. The summed E-state index contributed by atoms with van der Waals surface area (Å²) >= 11 is 0.896. The van der Waals surface area contributed by atoms with Crippen molar-refractivity contribution in [3.63, 3.8) is 0 Å². The van der Waals surface area contributed by atoms with Crippen LogP contribution in [-0.4, -0.2) is 38.3 Å². The minimum Gasteiger partial charge on any atom is -0.493 e. The van der Waals surface area contributed by atoms with Gasteiger partial charge in [-0.3, -0.25) is 4.99 Å². The Kier molecular flexibility index (Phi) is 10.5. The van der Waals surface area contributed by atoms with Gasteiger partial charge < -0.3 is 20.1 Å². The number of aromatic nitrogens is 1. The van der Waals surface area contributed by atoms with Gasteiger partial charge in [-0.1, -0.05) is 6.07 Å². The molecule has 1 aromatic carbocycles. The topological polar surface area (TPSA) is 67.8 Å². The molecule has 0 amide bonds. The Hall–Kier alpha value is -1.90. The number of nitrogens with one attached hydrogen (secondary N) is 2. The van der Waals surface area contributed by atoms with E-state index in [9.17, 15) is 22.0 Å². The van der Waals surface area contributed by atoms with Gasteiger partial charge in [0.05, 0.1) is 13.7 Å². The van der Waals surface area contributed by atoms with E-state index in [0.717, 1.165) is 22.3 Å². The number of guanidine groups is 1. The highest BCUT2D eigenvalue weighted by Crippen LogP contribution is 2.30. The third-order valence-electron chi connectivity index (χ3n) is 3.62. The number of rotatable bonds is 8. The van der Waals surface area contributed by atoms with Gasteiger partial charge in [-0.2, -0.15) is 22.0 Å². The zero-order valence-corrected chi connectivity index (χ0v) is 19.1. The molecule has 2 N–H and O–H groups in total. The van der Waals surface area contributed by atoms with Crippen LogP contribution in [0.25, 0.3) is 0 Å². The van der Waals surface area contributed by atoms with Crippen LogP contribution in [0, 0.1) is 0 Å². The highest BCUT2D eigenvalue weighted by molar-refractivity contribution is 14.0. The number of aliphatic imine (C=N–C) groups is 1. The number of ether oxygens (including phenoxy) is 2. The minimum absolute atomic E-state index is 0. The van der Waals surface area contributed by atoms with Crippen molar-refractivity contribution in [3.05, 3.63) is 39.8 Å². The van der Waals surface area contributed by atoms with Crippen LogP contribution in [0.3, 0.4) is 0 Å². The molecule has 6 nitrogen and oxygen atoms in total. The molecule has 0 bridgehead atoms. The molecule has 0 atom stereocenters.